The maximum Gasteiger partial charge on any atom is 0.269 e. The Balaban J connectivity index is 2.52. The van der Waals surface area contributed by atoms with Crippen molar-refractivity contribution in [2.75, 3.05) is 5.32 Å². The zero-order chi connectivity index (χ0) is 14.4. The zero-order valence-corrected chi connectivity index (χ0v) is 10.3. The highest BCUT2D eigenvalue weighted by Crippen LogP contribution is 2.16. The van der Waals surface area contributed by atoms with Crippen LogP contribution in [-0.4, -0.2) is 16.8 Å². The number of rotatable bonds is 6. The number of nitro benzene ring substituents is 1. The smallest absolute Gasteiger partial charge is 0.269 e. The number of carbonyl (C=O) groups excluding carboxylic acids is 2. The number of hydrogen-bond acceptors (Lipinski definition) is 5. The highest BCUT2D eigenvalue weighted by Gasteiger charge is 2.10. The van der Waals surface area contributed by atoms with Crippen molar-refractivity contribution >= 4 is 23.3 Å². The standard InChI is InChI=1S/C12H14N2O5/c1-8(7-12(16)17)6-11(15)13-9-2-4-10(5-3-9)14(18)19/h2-5,8H,6-7H2,1H3,(H,13,15)(H,16,17)/p-1/t8-/m0/s1. The molecule has 0 saturated heterocycles. The van der Waals surface area contributed by atoms with E-state index in [-0.39, 0.29) is 30.4 Å². The molecule has 7 nitrogen and oxygen atoms in total. The summed E-state index contributed by atoms with van der Waals surface area (Å²) < 4.78 is 0. The summed E-state index contributed by atoms with van der Waals surface area (Å²) in [4.78, 5) is 31.8. The van der Waals surface area contributed by atoms with Crippen LogP contribution in [0.3, 0.4) is 0 Å². The SMILES string of the molecule is C[C@H](CC(=O)[O-])CC(=O)Nc1ccc([N+](=O)[O-])cc1. The van der Waals surface area contributed by atoms with Gasteiger partial charge >= 0.3 is 0 Å². The summed E-state index contributed by atoms with van der Waals surface area (Å²) in [7, 11) is 0. The highest BCUT2D eigenvalue weighted by atomic mass is 16.6. The molecule has 0 spiro atoms. The maximum atomic E-state index is 11.6. The number of anilines is 1. The summed E-state index contributed by atoms with van der Waals surface area (Å²) >= 11 is 0. The first-order valence-corrected chi connectivity index (χ1v) is 5.62. The second-order valence-electron chi connectivity index (χ2n) is 4.24. The van der Waals surface area contributed by atoms with Crippen molar-refractivity contribution in [2.45, 2.75) is 19.8 Å². The summed E-state index contributed by atoms with van der Waals surface area (Å²) in [6.07, 6.45) is -0.140. The zero-order valence-electron chi connectivity index (χ0n) is 10.3. The maximum absolute atomic E-state index is 11.6. The van der Waals surface area contributed by atoms with Crippen molar-refractivity contribution in [1.82, 2.24) is 0 Å². The molecule has 1 N–H and O–H groups in total. The molecule has 1 amide bonds. The van der Waals surface area contributed by atoms with E-state index in [0.717, 1.165) is 0 Å². The van der Waals surface area contributed by atoms with Crippen molar-refractivity contribution in [2.24, 2.45) is 5.92 Å². The van der Waals surface area contributed by atoms with Crippen molar-refractivity contribution in [3.8, 4) is 0 Å². The Bertz CT molecular complexity index is 483. The van der Waals surface area contributed by atoms with Gasteiger partial charge in [-0.1, -0.05) is 6.92 Å². The Labute approximate surface area is 109 Å². The molecule has 1 aromatic carbocycles. The molecule has 1 aromatic rings. The minimum atomic E-state index is -1.20. The Morgan fingerprint density at radius 3 is 2.32 bits per heavy atom. The summed E-state index contributed by atoms with van der Waals surface area (Å²) in [5, 5.41) is 23.3. The van der Waals surface area contributed by atoms with Crippen molar-refractivity contribution in [1.29, 1.82) is 0 Å². The Morgan fingerprint density at radius 2 is 1.84 bits per heavy atom. The van der Waals surface area contributed by atoms with Crippen LogP contribution in [0.15, 0.2) is 24.3 Å². The van der Waals surface area contributed by atoms with Gasteiger partial charge in [-0.15, -0.1) is 0 Å². The number of carboxylic acid groups (broad SMARTS) is 1. The molecular weight excluding hydrogens is 252 g/mol. The average Bonchev–Trinajstić information content (AvgIpc) is 2.27. The highest BCUT2D eigenvalue weighted by molar-refractivity contribution is 5.91. The van der Waals surface area contributed by atoms with Gasteiger partial charge in [-0.05, 0) is 24.5 Å². The van der Waals surface area contributed by atoms with Crippen LogP contribution in [0.25, 0.3) is 0 Å². The number of non-ortho nitro benzene ring substituents is 1. The van der Waals surface area contributed by atoms with E-state index < -0.39 is 10.9 Å². The van der Waals surface area contributed by atoms with E-state index >= 15 is 0 Å². The molecule has 7 heteroatoms. The van der Waals surface area contributed by atoms with Crippen molar-refractivity contribution in [3.63, 3.8) is 0 Å². The lowest BCUT2D eigenvalue weighted by Gasteiger charge is -2.11. The first-order valence-electron chi connectivity index (χ1n) is 5.62. The molecule has 0 fully saturated rings. The molecule has 0 bridgehead atoms. The number of aliphatic carboxylic acids is 1. The van der Waals surface area contributed by atoms with E-state index in [9.17, 15) is 24.8 Å². The molecule has 0 aliphatic heterocycles. The molecule has 19 heavy (non-hydrogen) atoms. The number of carbonyl (C=O) groups is 2. The second-order valence-corrected chi connectivity index (χ2v) is 4.24. The van der Waals surface area contributed by atoms with Gasteiger partial charge in [0.05, 0.1) is 4.92 Å². The van der Waals surface area contributed by atoms with Crippen LogP contribution in [0, 0.1) is 16.0 Å². The summed E-state index contributed by atoms with van der Waals surface area (Å²) in [6.45, 7) is 1.63. The topological polar surface area (TPSA) is 112 Å². The summed E-state index contributed by atoms with van der Waals surface area (Å²) in [5.41, 5.74) is 0.361. The lowest BCUT2D eigenvalue weighted by Crippen LogP contribution is -2.26. The Kier molecular flexibility index (Phi) is 4.99. The number of benzene rings is 1. The largest absolute Gasteiger partial charge is 0.550 e. The van der Waals surface area contributed by atoms with Crippen molar-refractivity contribution in [3.05, 3.63) is 34.4 Å². The molecule has 0 aliphatic rings. The molecular formula is C12H13N2O5-. The van der Waals surface area contributed by atoms with Crippen LogP contribution in [0.1, 0.15) is 19.8 Å². The van der Waals surface area contributed by atoms with Crippen LogP contribution in [0.2, 0.25) is 0 Å². The fourth-order valence-corrected chi connectivity index (χ4v) is 1.55. The number of nitrogens with one attached hydrogen (secondary N) is 1. The third kappa shape index (κ3) is 5.15. The minimum Gasteiger partial charge on any atom is -0.550 e. The van der Waals surface area contributed by atoms with Gasteiger partial charge in [-0.25, -0.2) is 0 Å². The number of nitrogens with zero attached hydrogens (tertiary/aromatic N) is 1. The number of carboxylic acids is 1. The molecule has 102 valence electrons. The normalized spacial score (nSPS) is 11.6. The predicted molar refractivity (Wildman–Crippen MR) is 65.1 cm³/mol. The fraction of sp³-hybridized carbons (Fsp3) is 0.333. The quantitative estimate of drug-likeness (QED) is 0.601. The first kappa shape index (κ1) is 14.6. The van der Waals surface area contributed by atoms with Crippen molar-refractivity contribution < 1.29 is 19.6 Å². The number of hydrogen-bond donors (Lipinski definition) is 1. The minimum absolute atomic E-state index is 0.0466. The van der Waals surface area contributed by atoms with E-state index in [4.69, 9.17) is 0 Å². The summed E-state index contributed by atoms with van der Waals surface area (Å²) in [6, 6.07) is 5.39. The first-order chi connectivity index (χ1) is 8.88. The third-order valence-electron chi connectivity index (χ3n) is 2.41. The van der Waals surface area contributed by atoms with Crippen LogP contribution >= 0.6 is 0 Å². The van der Waals surface area contributed by atoms with E-state index in [1.165, 1.54) is 24.3 Å². The molecule has 1 rings (SSSR count). The predicted octanol–water partition coefficient (Wildman–Crippen LogP) is 0.699. The van der Waals surface area contributed by atoms with E-state index in [0.29, 0.717) is 5.69 Å². The van der Waals surface area contributed by atoms with Crippen LogP contribution < -0.4 is 10.4 Å². The molecule has 0 saturated carbocycles. The summed E-state index contributed by atoms with van der Waals surface area (Å²) in [5.74, 6) is -1.87. The van der Waals surface area contributed by atoms with Gasteiger partial charge in [0.1, 0.15) is 0 Å². The van der Waals surface area contributed by atoms with E-state index in [2.05, 4.69) is 5.32 Å². The molecule has 0 aromatic heterocycles. The van der Waals surface area contributed by atoms with Gasteiger partial charge in [-0.2, -0.15) is 0 Å². The molecule has 0 radical (unpaired) electrons. The fourth-order valence-electron chi connectivity index (χ4n) is 1.55. The van der Waals surface area contributed by atoms with Gasteiger partial charge in [0.2, 0.25) is 5.91 Å². The lowest BCUT2D eigenvalue weighted by atomic mass is 10.0. The number of amides is 1. The van der Waals surface area contributed by atoms with Gasteiger partial charge in [-0.3, -0.25) is 14.9 Å². The third-order valence-corrected chi connectivity index (χ3v) is 2.41. The van der Waals surface area contributed by atoms with Crippen LogP contribution in [0.4, 0.5) is 11.4 Å². The Morgan fingerprint density at radius 1 is 1.26 bits per heavy atom. The van der Waals surface area contributed by atoms with Crippen LogP contribution in [-0.2, 0) is 9.59 Å². The van der Waals surface area contributed by atoms with Gasteiger partial charge in [0, 0.05) is 30.2 Å². The number of nitro groups is 1. The molecule has 0 unspecified atom stereocenters. The lowest BCUT2D eigenvalue weighted by molar-refractivity contribution is -0.384. The second kappa shape index (κ2) is 6.48. The average molecular weight is 265 g/mol. The molecule has 0 aliphatic carbocycles. The molecule has 0 heterocycles. The van der Waals surface area contributed by atoms with E-state index in [1.807, 2.05) is 0 Å². The molecule has 1 atom stereocenters. The van der Waals surface area contributed by atoms with Crippen LogP contribution in [0.5, 0.6) is 0 Å². The van der Waals surface area contributed by atoms with Gasteiger partial charge in [0.15, 0.2) is 0 Å². The van der Waals surface area contributed by atoms with E-state index in [1.54, 1.807) is 6.92 Å². The Hall–Kier alpha value is -2.44. The van der Waals surface area contributed by atoms with Gasteiger partial charge < -0.3 is 15.2 Å². The monoisotopic (exact) mass is 265 g/mol. The van der Waals surface area contributed by atoms with Gasteiger partial charge in [0.25, 0.3) is 5.69 Å².